The van der Waals surface area contributed by atoms with E-state index in [2.05, 4.69) is 47.1 Å². The number of hydrogen-bond donors (Lipinski definition) is 0. The van der Waals surface area contributed by atoms with Crippen LogP contribution in [0.5, 0.6) is 6.01 Å². The van der Waals surface area contributed by atoms with Gasteiger partial charge in [-0.2, -0.15) is 9.97 Å². The number of ether oxygens (including phenoxy) is 1. The Kier molecular flexibility index (Phi) is 8.79. The average molecular weight is 650 g/mol. The smallest absolute Gasteiger partial charge is 0.318 e. The molecule has 3 heterocycles. The molecule has 2 aliphatic heterocycles. The van der Waals surface area contributed by atoms with E-state index < -0.39 is 23.6 Å². The van der Waals surface area contributed by atoms with Crippen LogP contribution in [0.4, 0.5) is 20.3 Å². The minimum absolute atomic E-state index is 0.0156. The van der Waals surface area contributed by atoms with E-state index in [4.69, 9.17) is 32.9 Å². The van der Waals surface area contributed by atoms with Crippen LogP contribution >= 0.6 is 11.6 Å². The molecule has 46 heavy (non-hydrogen) atoms. The Morgan fingerprint density at radius 3 is 2.72 bits per heavy atom. The van der Waals surface area contributed by atoms with Gasteiger partial charge in [0.1, 0.15) is 17.7 Å². The normalized spacial score (nSPS) is 20.4. The second kappa shape index (κ2) is 12.6. The Bertz CT molecular complexity index is 1720. The molecular weight excluding hydrogens is 612 g/mol. The van der Waals surface area contributed by atoms with E-state index in [1.807, 2.05) is 18.2 Å². The number of amides is 1. The fraction of sp³-hybridized carbons (Fsp3) is 0.471. The van der Waals surface area contributed by atoms with Gasteiger partial charge in [-0.15, -0.1) is 0 Å². The zero-order valence-electron chi connectivity index (χ0n) is 26.4. The van der Waals surface area contributed by atoms with Gasteiger partial charge < -0.3 is 29.2 Å². The van der Waals surface area contributed by atoms with Crippen LogP contribution in [-0.4, -0.2) is 91.2 Å². The van der Waals surface area contributed by atoms with E-state index in [0.29, 0.717) is 43.9 Å². The lowest BCUT2D eigenvalue weighted by Gasteiger charge is -2.42. The Hall–Kier alpha value is -4.01. The first-order valence-electron chi connectivity index (χ1n) is 15.5. The predicted octanol–water partition coefficient (Wildman–Crippen LogP) is 5.51. The number of halogens is 3. The first-order chi connectivity index (χ1) is 22.0. The van der Waals surface area contributed by atoms with E-state index in [9.17, 15) is 13.6 Å². The molecule has 2 aromatic carbocycles. The number of carbonyl (C=O) groups excluding carboxylic acids is 1. The van der Waals surface area contributed by atoms with Crippen LogP contribution in [0, 0.1) is 17.8 Å². The minimum atomic E-state index is -1.03. The lowest BCUT2D eigenvalue weighted by molar-refractivity contribution is -0.131. The van der Waals surface area contributed by atoms with Crippen molar-refractivity contribution in [1.29, 1.82) is 0 Å². The molecule has 12 heteroatoms. The summed E-state index contributed by atoms with van der Waals surface area (Å²) in [5, 5.41) is 1.59. The van der Waals surface area contributed by atoms with Crippen molar-refractivity contribution in [3.05, 3.63) is 76.3 Å². The summed E-state index contributed by atoms with van der Waals surface area (Å²) in [6.45, 7) is 15.5. The number of anilines is 2. The van der Waals surface area contributed by atoms with Crippen molar-refractivity contribution in [2.45, 2.75) is 44.8 Å². The highest BCUT2D eigenvalue weighted by Gasteiger charge is 2.44. The molecule has 2 fully saturated rings. The Balaban J connectivity index is 1.38. The number of nitrogens with zero attached hydrogens (tertiary/aromatic N) is 7. The zero-order chi connectivity index (χ0) is 32.7. The second-order valence-corrected chi connectivity index (χ2v) is 13.4. The number of rotatable bonds is 9. The molecule has 1 aromatic heterocycles. The third-order valence-corrected chi connectivity index (χ3v) is 9.69. The molecular formula is C34H38ClF2N7O2. The van der Waals surface area contributed by atoms with Crippen molar-refractivity contribution < 1.29 is 18.3 Å². The van der Waals surface area contributed by atoms with E-state index in [-0.39, 0.29) is 35.6 Å². The molecule has 1 saturated heterocycles. The first kappa shape index (κ1) is 32.0. The summed E-state index contributed by atoms with van der Waals surface area (Å²) in [5.41, 5.74) is 2.63. The van der Waals surface area contributed by atoms with Gasteiger partial charge in [0.15, 0.2) is 5.83 Å². The largest absolute Gasteiger partial charge is 0.463 e. The van der Waals surface area contributed by atoms with Crippen molar-refractivity contribution in [2.75, 3.05) is 63.2 Å². The van der Waals surface area contributed by atoms with Crippen molar-refractivity contribution in [1.82, 2.24) is 19.8 Å². The Morgan fingerprint density at radius 1 is 1.24 bits per heavy atom. The standard InChI is InChI=1S/C34H38ClF2N7O2/c1-21-15-25-27(18-44(21)28-8-6-7-23-9-10-26(37)30(35)29(23)28)39-33(46-20-34(11-12-34)19-41(4)5)40-31(25)42-13-14-43(32(45)22(2)36)24(17-42)16-38-3/h6-10,21,24H,2,11-20H2,1,4-5H3/t21?,24-/m0/s1. The van der Waals surface area contributed by atoms with E-state index >= 15 is 0 Å². The fourth-order valence-corrected chi connectivity index (χ4v) is 7.15. The van der Waals surface area contributed by atoms with Crippen molar-refractivity contribution >= 4 is 39.8 Å². The van der Waals surface area contributed by atoms with Gasteiger partial charge in [-0.05, 0) is 57.8 Å². The van der Waals surface area contributed by atoms with Gasteiger partial charge in [-0.3, -0.25) is 4.79 Å². The molecule has 1 saturated carbocycles. The highest BCUT2D eigenvalue weighted by Crippen LogP contribution is 2.46. The molecule has 3 aliphatic rings. The van der Waals surface area contributed by atoms with Crippen LogP contribution < -0.4 is 14.5 Å². The highest BCUT2D eigenvalue weighted by atomic mass is 35.5. The summed E-state index contributed by atoms with van der Waals surface area (Å²) < 4.78 is 34.9. The molecule has 0 radical (unpaired) electrons. The Morgan fingerprint density at radius 2 is 2.02 bits per heavy atom. The van der Waals surface area contributed by atoms with Crippen LogP contribution in [0.15, 0.2) is 42.7 Å². The molecule has 0 spiro atoms. The zero-order valence-corrected chi connectivity index (χ0v) is 27.2. The molecule has 1 aliphatic carbocycles. The molecule has 242 valence electrons. The van der Waals surface area contributed by atoms with Crippen LogP contribution in [0.1, 0.15) is 31.0 Å². The van der Waals surface area contributed by atoms with Gasteiger partial charge >= 0.3 is 6.01 Å². The lowest BCUT2D eigenvalue weighted by atomic mass is 9.96. The maximum absolute atomic E-state index is 14.7. The van der Waals surface area contributed by atoms with Gasteiger partial charge in [0.25, 0.3) is 5.91 Å². The van der Waals surface area contributed by atoms with Crippen molar-refractivity contribution in [2.24, 2.45) is 5.41 Å². The minimum Gasteiger partial charge on any atom is -0.463 e. The summed E-state index contributed by atoms with van der Waals surface area (Å²) in [6, 6.07) is 8.66. The van der Waals surface area contributed by atoms with Crippen LogP contribution in [0.25, 0.3) is 15.6 Å². The summed E-state index contributed by atoms with van der Waals surface area (Å²) in [6.07, 6.45) is 2.73. The van der Waals surface area contributed by atoms with E-state index in [1.165, 1.54) is 11.0 Å². The predicted molar refractivity (Wildman–Crippen MR) is 175 cm³/mol. The van der Waals surface area contributed by atoms with Gasteiger partial charge in [0, 0.05) is 54.3 Å². The molecule has 6 rings (SSSR count). The quantitative estimate of drug-likeness (QED) is 0.224. The van der Waals surface area contributed by atoms with E-state index in [1.54, 1.807) is 6.07 Å². The van der Waals surface area contributed by atoms with Crippen LogP contribution in [-0.2, 0) is 17.8 Å². The number of benzene rings is 2. The third kappa shape index (κ3) is 6.20. The Labute approximate surface area is 273 Å². The van der Waals surface area contributed by atoms with Gasteiger partial charge in [0.05, 0.1) is 23.9 Å². The summed E-state index contributed by atoms with van der Waals surface area (Å²) in [7, 11) is 4.10. The third-order valence-electron chi connectivity index (χ3n) is 9.32. The van der Waals surface area contributed by atoms with Crippen molar-refractivity contribution in [3.63, 3.8) is 0 Å². The van der Waals surface area contributed by atoms with E-state index in [0.717, 1.165) is 41.7 Å². The van der Waals surface area contributed by atoms with Gasteiger partial charge in [0.2, 0.25) is 6.54 Å². The van der Waals surface area contributed by atoms with Crippen molar-refractivity contribution in [3.8, 4) is 6.01 Å². The molecule has 0 N–H and O–H groups in total. The fourth-order valence-electron chi connectivity index (χ4n) is 6.88. The maximum Gasteiger partial charge on any atom is 0.318 e. The summed E-state index contributed by atoms with van der Waals surface area (Å²) in [4.78, 5) is 33.8. The topological polar surface area (TPSA) is 69.4 Å². The van der Waals surface area contributed by atoms with Gasteiger partial charge in [-0.1, -0.05) is 36.4 Å². The second-order valence-electron chi connectivity index (χ2n) is 13.0. The first-order valence-corrected chi connectivity index (χ1v) is 15.9. The lowest BCUT2D eigenvalue weighted by Crippen LogP contribution is -2.57. The molecule has 1 unspecified atom stereocenters. The number of fused-ring (bicyclic) bond motifs is 2. The molecule has 0 bridgehead atoms. The molecule has 1 amide bonds. The van der Waals surface area contributed by atoms with Gasteiger partial charge in [-0.25, -0.2) is 15.4 Å². The number of hydrogen-bond acceptors (Lipinski definition) is 7. The maximum atomic E-state index is 14.7. The number of piperazine rings is 1. The number of aromatic nitrogens is 2. The summed E-state index contributed by atoms with van der Waals surface area (Å²) >= 11 is 6.53. The van der Waals surface area contributed by atoms with Crippen LogP contribution in [0.2, 0.25) is 5.02 Å². The summed E-state index contributed by atoms with van der Waals surface area (Å²) in [5.74, 6) is -1.59. The SMILES string of the molecule is [C-]#[N+]C[C@H]1CN(c2nc(OCC3(CN(C)C)CC3)nc3c2CC(C)N(c2cccc4ccc(F)c(Cl)c24)C3)CCN1C(=O)C(=C)F. The monoisotopic (exact) mass is 649 g/mol. The average Bonchev–Trinajstić information content (AvgIpc) is 3.79. The number of carbonyl (C=O) groups is 1. The molecule has 2 atom stereocenters. The van der Waals surface area contributed by atoms with Crippen LogP contribution in [0.3, 0.4) is 0 Å². The molecule has 3 aromatic rings. The molecule has 9 nitrogen and oxygen atoms in total. The highest BCUT2D eigenvalue weighted by molar-refractivity contribution is 6.36.